The molecule has 0 saturated heterocycles. The standard InChI is InChI=1S/C15H19NO/c1-2-9-16-15(11-13-8-10-17-12-13)14-6-4-3-5-7-14/h3-8,10,12,15-16H,2,9,11H2,1H3. The highest BCUT2D eigenvalue weighted by molar-refractivity contribution is 5.21. The van der Waals surface area contributed by atoms with Gasteiger partial charge in [-0.25, -0.2) is 0 Å². The molecule has 2 nitrogen and oxygen atoms in total. The Morgan fingerprint density at radius 3 is 2.65 bits per heavy atom. The van der Waals surface area contributed by atoms with Crippen molar-refractivity contribution < 1.29 is 4.42 Å². The van der Waals surface area contributed by atoms with Crippen LogP contribution in [0.3, 0.4) is 0 Å². The molecule has 0 aliphatic carbocycles. The first-order valence-corrected chi connectivity index (χ1v) is 6.19. The van der Waals surface area contributed by atoms with E-state index in [1.165, 1.54) is 11.1 Å². The Morgan fingerprint density at radius 1 is 1.18 bits per heavy atom. The molecule has 0 radical (unpaired) electrons. The zero-order valence-electron chi connectivity index (χ0n) is 10.2. The average molecular weight is 229 g/mol. The lowest BCUT2D eigenvalue weighted by Crippen LogP contribution is -2.23. The van der Waals surface area contributed by atoms with Gasteiger partial charge in [-0.2, -0.15) is 0 Å². The van der Waals surface area contributed by atoms with Gasteiger partial charge in [-0.1, -0.05) is 37.3 Å². The lowest BCUT2D eigenvalue weighted by molar-refractivity contribution is 0.520. The summed E-state index contributed by atoms with van der Waals surface area (Å²) in [5, 5.41) is 3.58. The number of hydrogen-bond acceptors (Lipinski definition) is 2. The van der Waals surface area contributed by atoms with E-state index in [0.717, 1.165) is 19.4 Å². The topological polar surface area (TPSA) is 25.2 Å². The SMILES string of the molecule is CCCNC(Cc1ccoc1)c1ccccc1. The van der Waals surface area contributed by atoms with E-state index >= 15 is 0 Å². The second-order valence-electron chi connectivity index (χ2n) is 4.25. The molecule has 2 aromatic rings. The summed E-state index contributed by atoms with van der Waals surface area (Å²) in [6.45, 7) is 3.23. The Morgan fingerprint density at radius 2 is 2.00 bits per heavy atom. The summed E-state index contributed by atoms with van der Waals surface area (Å²) in [6, 6.07) is 13.0. The van der Waals surface area contributed by atoms with Crippen LogP contribution in [0, 0.1) is 0 Å². The third-order valence-corrected chi connectivity index (χ3v) is 2.86. The molecule has 1 atom stereocenters. The second-order valence-corrected chi connectivity index (χ2v) is 4.25. The van der Waals surface area contributed by atoms with E-state index < -0.39 is 0 Å². The fourth-order valence-electron chi connectivity index (χ4n) is 1.96. The molecule has 0 saturated carbocycles. The quantitative estimate of drug-likeness (QED) is 0.819. The minimum atomic E-state index is 0.369. The van der Waals surface area contributed by atoms with Gasteiger partial charge in [-0.3, -0.25) is 0 Å². The van der Waals surface area contributed by atoms with Crippen LogP contribution >= 0.6 is 0 Å². The van der Waals surface area contributed by atoms with Gasteiger partial charge < -0.3 is 9.73 Å². The maximum absolute atomic E-state index is 5.13. The molecular formula is C15H19NO. The van der Waals surface area contributed by atoms with Gasteiger partial charge in [0.2, 0.25) is 0 Å². The van der Waals surface area contributed by atoms with Crippen LogP contribution in [0.5, 0.6) is 0 Å². The average Bonchev–Trinajstić information content (AvgIpc) is 2.88. The third kappa shape index (κ3) is 3.46. The van der Waals surface area contributed by atoms with Gasteiger partial charge in [0, 0.05) is 6.04 Å². The van der Waals surface area contributed by atoms with Crippen LogP contribution in [-0.2, 0) is 6.42 Å². The maximum Gasteiger partial charge on any atom is 0.0935 e. The van der Waals surface area contributed by atoms with Crippen molar-refractivity contribution in [2.45, 2.75) is 25.8 Å². The van der Waals surface area contributed by atoms with Crippen LogP contribution in [0.25, 0.3) is 0 Å². The molecule has 17 heavy (non-hydrogen) atoms. The van der Waals surface area contributed by atoms with Crippen LogP contribution in [0.2, 0.25) is 0 Å². The van der Waals surface area contributed by atoms with Crippen LogP contribution in [-0.4, -0.2) is 6.54 Å². The van der Waals surface area contributed by atoms with Crippen molar-refractivity contribution >= 4 is 0 Å². The van der Waals surface area contributed by atoms with Crippen molar-refractivity contribution in [2.75, 3.05) is 6.54 Å². The van der Waals surface area contributed by atoms with Gasteiger partial charge in [0.15, 0.2) is 0 Å². The first-order chi connectivity index (χ1) is 8.40. The van der Waals surface area contributed by atoms with Crippen molar-refractivity contribution in [2.24, 2.45) is 0 Å². The number of hydrogen-bond donors (Lipinski definition) is 1. The number of nitrogens with one attached hydrogen (secondary N) is 1. The van der Waals surface area contributed by atoms with Crippen molar-refractivity contribution in [3.05, 3.63) is 60.1 Å². The van der Waals surface area contributed by atoms with Crippen LogP contribution in [0.1, 0.15) is 30.5 Å². The molecule has 1 aromatic heterocycles. The molecule has 0 fully saturated rings. The minimum absolute atomic E-state index is 0.369. The van der Waals surface area contributed by atoms with Crippen molar-refractivity contribution in [1.82, 2.24) is 5.32 Å². The van der Waals surface area contributed by atoms with Gasteiger partial charge in [-0.15, -0.1) is 0 Å². The normalized spacial score (nSPS) is 12.5. The van der Waals surface area contributed by atoms with E-state index in [1.807, 2.05) is 12.3 Å². The zero-order valence-corrected chi connectivity index (χ0v) is 10.2. The minimum Gasteiger partial charge on any atom is -0.472 e. The van der Waals surface area contributed by atoms with E-state index in [0.29, 0.717) is 6.04 Å². The van der Waals surface area contributed by atoms with Gasteiger partial charge in [0.05, 0.1) is 12.5 Å². The van der Waals surface area contributed by atoms with Gasteiger partial charge in [0.25, 0.3) is 0 Å². The molecule has 90 valence electrons. The molecule has 1 aromatic carbocycles. The highest BCUT2D eigenvalue weighted by Crippen LogP contribution is 2.18. The van der Waals surface area contributed by atoms with E-state index in [9.17, 15) is 0 Å². The van der Waals surface area contributed by atoms with E-state index in [4.69, 9.17) is 4.42 Å². The van der Waals surface area contributed by atoms with E-state index in [-0.39, 0.29) is 0 Å². The molecule has 2 heteroatoms. The molecule has 0 aliphatic heterocycles. The monoisotopic (exact) mass is 229 g/mol. The van der Waals surface area contributed by atoms with Crippen LogP contribution < -0.4 is 5.32 Å². The number of furan rings is 1. The van der Waals surface area contributed by atoms with E-state index in [1.54, 1.807) is 6.26 Å². The predicted octanol–water partition coefficient (Wildman–Crippen LogP) is 3.56. The summed E-state index contributed by atoms with van der Waals surface area (Å²) in [6.07, 6.45) is 5.68. The zero-order chi connectivity index (χ0) is 11.9. The number of benzene rings is 1. The lowest BCUT2D eigenvalue weighted by atomic mass is 10.0. The lowest BCUT2D eigenvalue weighted by Gasteiger charge is -2.18. The first-order valence-electron chi connectivity index (χ1n) is 6.19. The summed E-state index contributed by atoms with van der Waals surface area (Å²) in [5.41, 5.74) is 2.57. The fourth-order valence-corrected chi connectivity index (χ4v) is 1.96. The molecule has 1 heterocycles. The third-order valence-electron chi connectivity index (χ3n) is 2.86. The molecule has 1 N–H and O–H groups in total. The summed E-state index contributed by atoms with van der Waals surface area (Å²) in [7, 11) is 0. The Balaban J connectivity index is 2.08. The Hall–Kier alpha value is -1.54. The highest BCUT2D eigenvalue weighted by Gasteiger charge is 2.11. The van der Waals surface area contributed by atoms with Gasteiger partial charge in [-0.05, 0) is 36.6 Å². The fraction of sp³-hybridized carbons (Fsp3) is 0.333. The smallest absolute Gasteiger partial charge is 0.0935 e. The Kier molecular flexibility index (Phi) is 4.39. The summed E-state index contributed by atoms with van der Waals surface area (Å²) < 4.78 is 5.13. The second kappa shape index (κ2) is 6.26. The summed E-state index contributed by atoms with van der Waals surface area (Å²) >= 11 is 0. The summed E-state index contributed by atoms with van der Waals surface area (Å²) in [4.78, 5) is 0. The molecular weight excluding hydrogens is 210 g/mol. The van der Waals surface area contributed by atoms with Crippen molar-refractivity contribution in [1.29, 1.82) is 0 Å². The van der Waals surface area contributed by atoms with Crippen molar-refractivity contribution in [3.63, 3.8) is 0 Å². The summed E-state index contributed by atoms with van der Waals surface area (Å²) in [5.74, 6) is 0. The first kappa shape index (κ1) is 11.9. The molecule has 2 rings (SSSR count). The largest absolute Gasteiger partial charge is 0.472 e. The predicted molar refractivity (Wildman–Crippen MR) is 69.9 cm³/mol. The van der Waals surface area contributed by atoms with E-state index in [2.05, 4.69) is 42.6 Å². The highest BCUT2D eigenvalue weighted by atomic mass is 16.3. The Bertz CT molecular complexity index is 408. The van der Waals surface area contributed by atoms with Crippen LogP contribution in [0.15, 0.2) is 53.3 Å². The molecule has 0 amide bonds. The maximum atomic E-state index is 5.13. The molecule has 1 unspecified atom stereocenters. The molecule has 0 spiro atoms. The Labute approximate surface area is 103 Å². The number of rotatable bonds is 6. The molecule has 0 bridgehead atoms. The van der Waals surface area contributed by atoms with Gasteiger partial charge in [0.1, 0.15) is 0 Å². The van der Waals surface area contributed by atoms with Crippen molar-refractivity contribution in [3.8, 4) is 0 Å². The van der Waals surface area contributed by atoms with Crippen LogP contribution in [0.4, 0.5) is 0 Å². The molecule has 0 aliphatic rings. The van der Waals surface area contributed by atoms with Gasteiger partial charge >= 0.3 is 0 Å².